The van der Waals surface area contributed by atoms with Crippen molar-refractivity contribution >= 4 is 17.4 Å². The molecule has 30 heavy (non-hydrogen) atoms. The molecule has 2 aromatic rings. The van der Waals surface area contributed by atoms with E-state index >= 15 is 0 Å². The summed E-state index contributed by atoms with van der Waals surface area (Å²) in [7, 11) is 0. The zero-order valence-corrected chi connectivity index (χ0v) is 16.9. The predicted molar refractivity (Wildman–Crippen MR) is 111 cm³/mol. The van der Waals surface area contributed by atoms with Gasteiger partial charge in [-0.3, -0.25) is 28.9 Å². The van der Waals surface area contributed by atoms with E-state index < -0.39 is 23.0 Å². The number of carbonyl (C=O) groups excluding carboxylic acids is 1. The van der Waals surface area contributed by atoms with Gasteiger partial charge in [-0.05, 0) is 24.6 Å². The van der Waals surface area contributed by atoms with Crippen LogP contribution in [0.3, 0.4) is 0 Å². The summed E-state index contributed by atoms with van der Waals surface area (Å²) in [6.07, 6.45) is 0.612. The van der Waals surface area contributed by atoms with Gasteiger partial charge in [-0.15, -0.1) is 0 Å². The highest BCUT2D eigenvalue weighted by Crippen LogP contribution is 2.20. The van der Waals surface area contributed by atoms with E-state index in [0.717, 1.165) is 6.07 Å². The van der Waals surface area contributed by atoms with Crippen molar-refractivity contribution in [1.29, 1.82) is 0 Å². The van der Waals surface area contributed by atoms with E-state index in [-0.39, 0.29) is 23.6 Å². The van der Waals surface area contributed by atoms with Gasteiger partial charge in [0.05, 0.1) is 13.2 Å². The zero-order valence-electron chi connectivity index (χ0n) is 16.9. The molecule has 3 N–H and O–H groups in total. The maximum atomic E-state index is 13.7. The van der Waals surface area contributed by atoms with Gasteiger partial charge in [0.25, 0.3) is 11.5 Å². The minimum atomic E-state index is -0.753. The number of hydrogen-bond donors (Lipinski definition) is 2. The fourth-order valence-electron chi connectivity index (χ4n) is 3.44. The Kier molecular flexibility index (Phi) is 7.01. The average Bonchev–Trinajstić information content (AvgIpc) is 2.73. The van der Waals surface area contributed by atoms with Crippen LogP contribution in [0.1, 0.15) is 23.7 Å². The molecule has 1 aromatic carbocycles. The normalized spacial score (nSPS) is 14.6. The highest BCUT2D eigenvalue weighted by atomic mass is 19.1. The Balaban J connectivity index is 2.02. The Labute approximate surface area is 172 Å². The largest absolute Gasteiger partial charge is 0.383 e. The number of halogens is 1. The van der Waals surface area contributed by atoms with Gasteiger partial charge in [0.15, 0.2) is 5.69 Å². The summed E-state index contributed by atoms with van der Waals surface area (Å²) < 4.78 is 20.3. The van der Waals surface area contributed by atoms with Gasteiger partial charge < -0.3 is 10.5 Å². The lowest BCUT2D eigenvalue weighted by atomic mass is 10.1. The van der Waals surface area contributed by atoms with E-state index in [2.05, 4.69) is 9.88 Å². The number of anilines is 2. The fraction of sp³-hybridized carbons (Fsp3) is 0.450. The molecular formula is C20H26FN5O4. The minimum absolute atomic E-state index is 0.0858. The summed E-state index contributed by atoms with van der Waals surface area (Å²) in [5.41, 5.74) is 4.77. The summed E-state index contributed by atoms with van der Waals surface area (Å²) in [6.45, 7) is 5.34. The molecule has 0 unspecified atom stereocenters. The molecule has 162 valence electrons. The standard InChI is InChI=1S/C20H26FN5O4/c1-2-6-26-17(22)16(18(27)23-20(26)29)25(8-7-24-9-11-30-12-10-24)19(28)14-4-3-5-15(21)13-14/h3-5,13H,2,6-12,22H2,1H3,(H,23,27,29). The maximum Gasteiger partial charge on any atom is 0.330 e. The third kappa shape index (κ3) is 4.77. The maximum absolute atomic E-state index is 13.7. The van der Waals surface area contributed by atoms with Crippen LogP contribution >= 0.6 is 0 Å². The summed E-state index contributed by atoms with van der Waals surface area (Å²) in [5, 5.41) is 0. The number of benzene rings is 1. The second-order valence-corrected chi connectivity index (χ2v) is 7.07. The molecule has 0 spiro atoms. The number of rotatable bonds is 7. The van der Waals surface area contributed by atoms with Crippen molar-refractivity contribution in [3.05, 3.63) is 56.5 Å². The van der Waals surface area contributed by atoms with Gasteiger partial charge in [0, 0.05) is 38.3 Å². The summed E-state index contributed by atoms with van der Waals surface area (Å²) in [6, 6.07) is 5.24. The molecule has 2 heterocycles. The summed E-state index contributed by atoms with van der Waals surface area (Å²) in [4.78, 5) is 43.6. The molecule has 0 bridgehead atoms. The Morgan fingerprint density at radius 2 is 2.00 bits per heavy atom. The van der Waals surface area contributed by atoms with Crippen molar-refractivity contribution in [2.75, 3.05) is 50.0 Å². The van der Waals surface area contributed by atoms with Gasteiger partial charge in [0.1, 0.15) is 11.6 Å². The molecule has 1 aromatic heterocycles. The highest BCUT2D eigenvalue weighted by molar-refractivity contribution is 6.07. The van der Waals surface area contributed by atoms with Crippen molar-refractivity contribution in [3.8, 4) is 0 Å². The molecule has 0 atom stereocenters. The number of carbonyl (C=O) groups is 1. The molecule has 0 saturated carbocycles. The number of aromatic amines is 1. The fourth-order valence-corrected chi connectivity index (χ4v) is 3.44. The summed E-state index contributed by atoms with van der Waals surface area (Å²) in [5.74, 6) is -1.22. The highest BCUT2D eigenvalue weighted by Gasteiger charge is 2.26. The van der Waals surface area contributed by atoms with E-state index in [9.17, 15) is 18.8 Å². The van der Waals surface area contributed by atoms with E-state index in [4.69, 9.17) is 10.5 Å². The number of nitrogens with one attached hydrogen (secondary N) is 1. The Hall–Kier alpha value is -2.98. The van der Waals surface area contributed by atoms with Crippen LogP contribution in [0, 0.1) is 5.82 Å². The van der Waals surface area contributed by atoms with E-state index in [1.807, 2.05) is 6.92 Å². The third-order valence-corrected chi connectivity index (χ3v) is 4.99. The number of amides is 1. The van der Waals surface area contributed by atoms with Gasteiger partial charge in [-0.25, -0.2) is 9.18 Å². The molecule has 10 heteroatoms. The lowest BCUT2D eigenvalue weighted by Gasteiger charge is -2.30. The zero-order chi connectivity index (χ0) is 21.7. The Morgan fingerprint density at radius 1 is 1.27 bits per heavy atom. The van der Waals surface area contributed by atoms with Crippen LogP contribution in [-0.4, -0.2) is 59.8 Å². The van der Waals surface area contributed by atoms with Crippen LogP contribution in [0.25, 0.3) is 0 Å². The number of nitrogens with two attached hydrogens (primary N) is 1. The number of hydrogen-bond acceptors (Lipinski definition) is 6. The van der Waals surface area contributed by atoms with Gasteiger partial charge >= 0.3 is 5.69 Å². The SMILES string of the molecule is CCCn1c(N)c(N(CCN2CCOCC2)C(=O)c2cccc(F)c2)c(=O)[nH]c1=O. The van der Waals surface area contributed by atoms with Crippen molar-refractivity contribution in [2.45, 2.75) is 19.9 Å². The molecule has 1 aliphatic heterocycles. The van der Waals surface area contributed by atoms with Crippen LogP contribution in [0.15, 0.2) is 33.9 Å². The van der Waals surface area contributed by atoms with Gasteiger partial charge in [-0.2, -0.15) is 0 Å². The van der Waals surface area contributed by atoms with Crippen LogP contribution < -0.4 is 21.9 Å². The molecule has 3 rings (SSSR count). The molecule has 1 fully saturated rings. The second-order valence-electron chi connectivity index (χ2n) is 7.07. The first kappa shape index (κ1) is 21.7. The quantitative estimate of drug-likeness (QED) is 0.681. The first-order valence-corrected chi connectivity index (χ1v) is 9.92. The van der Waals surface area contributed by atoms with E-state index in [1.54, 1.807) is 0 Å². The number of ether oxygens (including phenoxy) is 1. The monoisotopic (exact) mass is 419 g/mol. The predicted octanol–water partition coefficient (Wildman–Crippen LogP) is 0.647. The molecule has 9 nitrogen and oxygen atoms in total. The smallest absolute Gasteiger partial charge is 0.330 e. The van der Waals surface area contributed by atoms with Gasteiger partial charge in [0.2, 0.25) is 0 Å². The van der Waals surface area contributed by atoms with Crippen LogP contribution in [-0.2, 0) is 11.3 Å². The first-order valence-electron chi connectivity index (χ1n) is 9.92. The second kappa shape index (κ2) is 9.68. The Bertz CT molecular complexity index is 1010. The minimum Gasteiger partial charge on any atom is -0.383 e. The van der Waals surface area contributed by atoms with Crippen molar-refractivity contribution < 1.29 is 13.9 Å². The average molecular weight is 419 g/mol. The van der Waals surface area contributed by atoms with Crippen LogP contribution in [0.4, 0.5) is 15.9 Å². The number of H-pyrrole nitrogens is 1. The van der Waals surface area contributed by atoms with Crippen molar-refractivity contribution in [2.24, 2.45) is 0 Å². The van der Waals surface area contributed by atoms with Crippen LogP contribution in [0.5, 0.6) is 0 Å². The molecule has 1 amide bonds. The molecule has 0 radical (unpaired) electrons. The molecular weight excluding hydrogens is 393 g/mol. The van der Waals surface area contributed by atoms with Crippen LogP contribution in [0.2, 0.25) is 0 Å². The third-order valence-electron chi connectivity index (χ3n) is 4.99. The van der Waals surface area contributed by atoms with E-state index in [1.165, 1.54) is 27.7 Å². The Morgan fingerprint density at radius 3 is 2.67 bits per heavy atom. The first-order chi connectivity index (χ1) is 14.4. The lowest BCUT2D eigenvalue weighted by Crippen LogP contribution is -2.46. The number of morpholine rings is 1. The van der Waals surface area contributed by atoms with Gasteiger partial charge in [-0.1, -0.05) is 13.0 Å². The molecule has 1 saturated heterocycles. The number of nitrogens with zero attached hydrogens (tertiary/aromatic N) is 3. The lowest BCUT2D eigenvalue weighted by molar-refractivity contribution is 0.0391. The van der Waals surface area contributed by atoms with Crippen molar-refractivity contribution in [3.63, 3.8) is 0 Å². The number of aromatic nitrogens is 2. The van der Waals surface area contributed by atoms with E-state index in [0.29, 0.717) is 45.8 Å². The van der Waals surface area contributed by atoms with Crippen molar-refractivity contribution in [1.82, 2.24) is 14.5 Å². The number of nitrogen functional groups attached to an aromatic ring is 1. The topological polar surface area (TPSA) is 114 Å². The molecule has 1 aliphatic rings. The summed E-state index contributed by atoms with van der Waals surface area (Å²) >= 11 is 0. The molecule has 0 aliphatic carbocycles.